The lowest BCUT2D eigenvalue weighted by Gasteiger charge is -2.17. The van der Waals surface area contributed by atoms with E-state index >= 15 is 0 Å². The molecule has 0 rings (SSSR count). The first kappa shape index (κ1) is 39.6. The van der Waals surface area contributed by atoms with E-state index < -0.39 is 6.04 Å². The summed E-state index contributed by atoms with van der Waals surface area (Å²) in [6.45, 7) is 5.57. The molecule has 42 heavy (non-hydrogen) atoms. The van der Waals surface area contributed by atoms with Crippen molar-refractivity contribution in [1.29, 1.82) is 0 Å². The maximum absolute atomic E-state index is 12.3. The summed E-state index contributed by atoms with van der Waals surface area (Å²) < 4.78 is 20.9. The Balaban J connectivity index is 3.86. The van der Waals surface area contributed by atoms with Crippen molar-refractivity contribution in [3.8, 4) is 0 Å². The van der Waals surface area contributed by atoms with Gasteiger partial charge in [0.15, 0.2) is 0 Å². The van der Waals surface area contributed by atoms with E-state index in [4.69, 9.17) is 18.9 Å². The molecule has 15 heteroatoms. The van der Waals surface area contributed by atoms with Crippen molar-refractivity contribution in [3.63, 3.8) is 0 Å². The minimum absolute atomic E-state index is 0.0772. The van der Waals surface area contributed by atoms with E-state index in [1.807, 2.05) is 0 Å². The number of carbonyl (C=O) groups is 6. The van der Waals surface area contributed by atoms with Gasteiger partial charge in [-0.25, -0.2) is 0 Å². The molecule has 0 aromatic heterocycles. The molecule has 0 heterocycles. The molecule has 0 saturated carbocycles. The fourth-order valence-electron chi connectivity index (χ4n) is 3.15. The highest BCUT2D eigenvalue weighted by molar-refractivity contribution is 8.00. The first-order chi connectivity index (χ1) is 20.5. The Morgan fingerprint density at radius 2 is 1.38 bits per heavy atom. The molecule has 0 aliphatic carbocycles. The summed E-state index contributed by atoms with van der Waals surface area (Å²) in [6, 6.07) is -0.655. The number of thioether (sulfide) groups is 1. The SMILES string of the molecule is CC[C@@H](NC(=O)CCSC(C=O)CCNCCC(=O)NCOCCOCCC=O)C(=O)NCCOCCOCCC=O. The van der Waals surface area contributed by atoms with Gasteiger partial charge in [-0.2, -0.15) is 11.8 Å². The molecule has 0 spiro atoms. The Morgan fingerprint density at radius 3 is 2.00 bits per heavy atom. The summed E-state index contributed by atoms with van der Waals surface area (Å²) in [5, 5.41) is 10.9. The second-order valence-electron chi connectivity index (χ2n) is 8.80. The summed E-state index contributed by atoms with van der Waals surface area (Å²) in [5.41, 5.74) is 0. The van der Waals surface area contributed by atoms with Crippen molar-refractivity contribution < 1.29 is 47.7 Å². The van der Waals surface area contributed by atoms with Crippen LogP contribution in [-0.4, -0.2) is 126 Å². The van der Waals surface area contributed by atoms with Gasteiger partial charge in [-0.1, -0.05) is 6.92 Å². The van der Waals surface area contributed by atoms with Crippen LogP contribution in [0.5, 0.6) is 0 Å². The van der Waals surface area contributed by atoms with Gasteiger partial charge >= 0.3 is 0 Å². The number of hydrogen-bond donors (Lipinski definition) is 4. The fourth-order valence-corrected chi connectivity index (χ4v) is 4.12. The lowest BCUT2D eigenvalue weighted by molar-refractivity contribution is -0.129. The van der Waals surface area contributed by atoms with Gasteiger partial charge < -0.3 is 54.6 Å². The van der Waals surface area contributed by atoms with Gasteiger partial charge in [0.2, 0.25) is 17.7 Å². The van der Waals surface area contributed by atoms with Crippen LogP contribution in [0.1, 0.15) is 45.4 Å². The molecule has 0 aliphatic rings. The van der Waals surface area contributed by atoms with Gasteiger partial charge in [-0.3, -0.25) is 14.4 Å². The molecule has 0 saturated heterocycles. The smallest absolute Gasteiger partial charge is 0.242 e. The van der Waals surface area contributed by atoms with Crippen LogP contribution in [0.4, 0.5) is 0 Å². The average molecular weight is 621 g/mol. The van der Waals surface area contributed by atoms with Crippen molar-refractivity contribution in [3.05, 3.63) is 0 Å². The van der Waals surface area contributed by atoms with Crippen molar-refractivity contribution in [1.82, 2.24) is 21.3 Å². The molecule has 0 radical (unpaired) electrons. The van der Waals surface area contributed by atoms with Crippen LogP contribution in [0.2, 0.25) is 0 Å². The van der Waals surface area contributed by atoms with Gasteiger partial charge in [-0.05, 0) is 19.4 Å². The first-order valence-electron chi connectivity index (χ1n) is 14.3. The van der Waals surface area contributed by atoms with Crippen LogP contribution in [0.15, 0.2) is 0 Å². The average Bonchev–Trinajstić information content (AvgIpc) is 2.99. The first-order valence-corrected chi connectivity index (χ1v) is 15.3. The monoisotopic (exact) mass is 620 g/mol. The summed E-state index contributed by atoms with van der Waals surface area (Å²) in [6.07, 6.45) is 4.52. The van der Waals surface area contributed by atoms with Gasteiger partial charge in [0.1, 0.15) is 31.6 Å². The standard InChI is InChI=1S/C27H48N4O10S/c1-2-24(27(37)29-10-15-40-17-16-38-13-3-11-32)31-26(36)7-20-42-23(21-34)5-8-28-9-6-25(35)30-22-41-19-18-39-14-4-12-33/h11-12,21,23-24,28H,2-10,13-20,22H2,1H3,(H,29,37)(H,30,35)(H,31,36)/t23?,24-/m1/s1. The number of amides is 3. The van der Waals surface area contributed by atoms with Crippen LogP contribution in [0.3, 0.4) is 0 Å². The third kappa shape index (κ3) is 25.3. The molecule has 1 unspecified atom stereocenters. The highest BCUT2D eigenvalue weighted by Gasteiger charge is 2.18. The Bertz CT molecular complexity index is 748. The van der Waals surface area contributed by atoms with E-state index in [9.17, 15) is 28.8 Å². The minimum atomic E-state index is -0.655. The predicted molar refractivity (Wildman–Crippen MR) is 157 cm³/mol. The Labute approximate surface area is 252 Å². The van der Waals surface area contributed by atoms with E-state index in [0.717, 1.165) is 18.9 Å². The van der Waals surface area contributed by atoms with Crippen LogP contribution < -0.4 is 21.3 Å². The lowest BCUT2D eigenvalue weighted by Crippen LogP contribution is -2.47. The van der Waals surface area contributed by atoms with Crippen LogP contribution >= 0.6 is 11.8 Å². The van der Waals surface area contributed by atoms with Gasteiger partial charge in [-0.15, -0.1) is 0 Å². The van der Waals surface area contributed by atoms with E-state index in [1.165, 1.54) is 11.8 Å². The number of aldehydes is 3. The van der Waals surface area contributed by atoms with Gasteiger partial charge in [0.25, 0.3) is 0 Å². The molecule has 242 valence electrons. The molecular weight excluding hydrogens is 572 g/mol. The topological polar surface area (TPSA) is 187 Å². The van der Waals surface area contributed by atoms with Gasteiger partial charge in [0, 0.05) is 44.5 Å². The van der Waals surface area contributed by atoms with Crippen LogP contribution in [0.25, 0.3) is 0 Å². The summed E-state index contributed by atoms with van der Waals surface area (Å²) in [7, 11) is 0. The molecule has 14 nitrogen and oxygen atoms in total. The summed E-state index contributed by atoms with van der Waals surface area (Å²) in [5.74, 6) is -0.297. The number of ether oxygens (including phenoxy) is 4. The lowest BCUT2D eigenvalue weighted by atomic mass is 10.2. The minimum Gasteiger partial charge on any atom is -0.379 e. The summed E-state index contributed by atoms with van der Waals surface area (Å²) >= 11 is 1.37. The molecule has 0 aromatic carbocycles. The van der Waals surface area contributed by atoms with Crippen molar-refractivity contribution >= 4 is 48.3 Å². The zero-order valence-electron chi connectivity index (χ0n) is 24.6. The number of rotatable bonds is 31. The summed E-state index contributed by atoms with van der Waals surface area (Å²) in [4.78, 5) is 68.2. The van der Waals surface area contributed by atoms with E-state index in [-0.39, 0.29) is 42.5 Å². The highest BCUT2D eigenvalue weighted by atomic mass is 32.2. The maximum Gasteiger partial charge on any atom is 0.242 e. The molecule has 3 amide bonds. The van der Waals surface area contributed by atoms with Crippen molar-refractivity contribution in [2.45, 2.75) is 56.7 Å². The third-order valence-electron chi connectivity index (χ3n) is 5.43. The second kappa shape index (κ2) is 30.0. The Morgan fingerprint density at radius 1 is 0.738 bits per heavy atom. The zero-order valence-corrected chi connectivity index (χ0v) is 25.4. The van der Waals surface area contributed by atoms with Crippen molar-refractivity contribution in [2.75, 3.05) is 78.4 Å². The van der Waals surface area contributed by atoms with E-state index in [0.29, 0.717) is 97.3 Å². The molecule has 0 fully saturated rings. The van der Waals surface area contributed by atoms with Crippen LogP contribution in [0, 0.1) is 0 Å². The maximum atomic E-state index is 12.3. The van der Waals surface area contributed by atoms with Gasteiger partial charge in [0.05, 0.1) is 51.5 Å². The molecule has 4 N–H and O–H groups in total. The normalized spacial score (nSPS) is 12.2. The molecule has 0 aromatic rings. The molecule has 2 atom stereocenters. The number of carbonyl (C=O) groups excluding carboxylic acids is 6. The molecule has 0 aliphatic heterocycles. The number of hydrogen-bond acceptors (Lipinski definition) is 12. The Hall–Kier alpha value is -2.43. The fraction of sp³-hybridized carbons (Fsp3) is 0.778. The van der Waals surface area contributed by atoms with Crippen molar-refractivity contribution in [2.24, 2.45) is 0 Å². The van der Waals surface area contributed by atoms with E-state index in [1.54, 1.807) is 6.92 Å². The quantitative estimate of drug-likeness (QED) is 0.0438. The molecular formula is C27H48N4O10S. The molecule has 0 bridgehead atoms. The predicted octanol–water partition coefficient (Wildman–Crippen LogP) is -0.624. The third-order valence-corrected chi connectivity index (χ3v) is 6.64. The zero-order chi connectivity index (χ0) is 31.1. The Kier molecular flexibility index (Phi) is 28.3. The van der Waals surface area contributed by atoms with Crippen LogP contribution in [-0.2, 0) is 47.7 Å². The second-order valence-corrected chi connectivity index (χ2v) is 10.2. The highest BCUT2D eigenvalue weighted by Crippen LogP contribution is 2.13. The number of nitrogens with one attached hydrogen (secondary N) is 4. The van der Waals surface area contributed by atoms with E-state index in [2.05, 4.69) is 21.3 Å². The largest absolute Gasteiger partial charge is 0.379 e.